The van der Waals surface area contributed by atoms with E-state index in [0.29, 0.717) is 28.5 Å². The van der Waals surface area contributed by atoms with Gasteiger partial charge in [-0.25, -0.2) is 4.99 Å². The van der Waals surface area contributed by atoms with Crippen LogP contribution in [-0.2, 0) is 10.1 Å². The third kappa shape index (κ3) is 4.40. The second-order valence-electron chi connectivity index (χ2n) is 5.78. The van der Waals surface area contributed by atoms with Crippen LogP contribution in [0.5, 0.6) is 0 Å². The summed E-state index contributed by atoms with van der Waals surface area (Å²) in [5, 5.41) is 11.2. The van der Waals surface area contributed by atoms with Crippen LogP contribution < -0.4 is 16.8 Å². The van der Waals surface area contributed by atoms with Gasteiger partial charge in [-0.1, -0.05) is 0 Å². The molecule has 0 saturated carbocycles. The fourth-order valence-electron chi connectivity index (χ4n) is 2.36. The van der Waals surface area contributed by atoms with Crippen LogP contribution in [-0.4, -0.2) is 24.4 Å². The van der Waals surface area contributed by atoms with Gasteiger partial charge in [0.1, 0.15) is 0 Å². The molecule has 0 aliphatic heterocycles. The van der Waals surface area contributed by atoms with E-state index < -0.39 is 10.1 Å². The molecule has 0 saturated heterocycles. The molecule has 138 valence electrons. The third-order valence-electron chi connectivity index (χ3n) is 3.74. The Balaban J connectivity index is 1.89. The number of nitrogens with zero attached hydrogens (tertiary/aromatic N) is 1. The van der Waals surface area contributed by atoms with Gasteiger partial charge in [0, 0.05) is 11.4 Å². The molecule has 0 bridgehead atoms. The highest BCUT2D eigenvalue weighted by molar-refractivity contribution is 7.85. The zero-order chi connectivity index (χ0) is 19.6. The number of nitrogens with one attached hydrogen (secondary N) is 2. The minimum Gasteiger partial charge on any atom is -0.399 e. The monoisotopic (exact) mass is 383 g/mol. The number of aliphatic imine (C=N–C) groups is 1. The van der Waals surface area contributed by atoms with E-state index in [-0.39, 0.29) is 10.6 Å². The molecule has 1 aliphatic carbocycles. The average Bonchev–Trinajstić information content (AvgIpc) is 2.60. The van der Waals surface area contributed by atoms with E-state index >= 15 is 0 Å². The molecule has 2 aromatic carbocycles. The molecule has 7 N–H and O–H groups in total. The van der Waals surface area contributed by atoms with E-state index in [2.05, 4.69) is 10.3 Å². The minimum absolute atomic E-state index is 0.120. The summed E-state index contributed by atoms with van der Waals surface area (Å²) in [6, 6.07) is 12.4. The normalized spacial score (nSPS) is 16.0. The Morgan fingerprint density at radius 3 is 2.19 bits per heavy atom. The molecule has 0 fully saturated rings. The predicted octanol–water partition coefficient (Wildman–Crippen LogP) is 2.46. The van der Waals surface area contributed by atoms with Crippen molar-refractivity contribution in [3.05, 3.63) is 72.1 Å². The molecule has 0 aromatic heterocycles. The summed E-state index contributed by atoms with van der Waals surface area (Å²) in [6.07, 6.45) is 3.11. The van der Waals surface area contributed by atoms with E-state index in [1.807, 2.05) is 0 Å². The molecular formula is C18H17N5O3S. The molecule has 9 heteroatoms. The summed E-state index contributed by atoms with van der Waals surface area (Å²) in [5.74, 6) is 0. The molecule has 0 heterocycles. The van der Waals surface area contributed by atoms with Crippen LogP contribution in [0.25, 0.3) is 0 Å². The highest BCUT2D eigenvalue weighted by Crippen LogP contribution is 2.21. The van der Waals surface area contributed by atoms with Gasteiger partial charge < -0.3 is 16.8 Å². The smallest absolute Gasteiger partial charge is 0.294 e. The van der Waals surface area contributed by atoms with Crippen molar-refractivity contribution in [2.75, 3.05) is 11.1 Å². The first-order valence-electron chi connectivity index (χ1n) is 7.79. The highest BCUT2D eigenvalue weighted by Gasteiger charge is 2.15. The molecule has 0 amide bonds. The van der Waals surface area contributed by atoms with Crippen molar-refractivity contribution in [1.82, 2.24) is 0 Å². The number of benzene rings is 2. The zero-order valence-electron chi connectivity index (χ0n) is 14.0. The Labute approximate surface area is 156 Å². The molecule has 3 rings (SSSR count). The van der Waals surface area contributed by atoms with Gasteiger partial charge in [-0.05, 0) is 60.7 Å². The van der Waals surface area contributed by atoms with Gasteiger partial charge in [0.2, 0.25) is 0 Å². The first-order valence-corrected chi connectivity index (χ1v) is 9.23. The molecule has 8 nitrogen and oxygen atoms in total. The average molecular weight is 383 g/mol. The van der Waals surface area contributed by atoms with E-state index in [1.165, 1.54) is 30.3 Å². The topological polar surface area (TPSA) is 155 Å². The van der Waals surface area contributed by atoms with Crippen LogP contribution in [0, 0.1) is 5.41 Å². The summed E-state index contributed by atoms with van der Waals surface area (Å²) >= 11 is 0. The van der Waals surface area contributed by atoms with Gasteiger partial charge in [-0.15, -0.1) is 0 Å². The maximum atomic E-state index is 11.1. The molecule has 27 heavy (non-hydrogen) atoms. The summed E-state index contributed by atoms with van der Waals surface area (Å²) in [4.78, 5) is 4.12. The summed E-state index contributed by atoms with van der Waals surface area (Å²) in [7, 11) is -4.26. The summed E-state index contributed by atoms with van der Waals surface area (Å²) in [6.45, 7) is 0. The van der Waals surface area contributed by atoms with Crippen LogP contribution >= 0.6 is 0 Å². The van der Waals surface area contributed by atoms with Crippen LogP contribution in [0.2, 0.25) is 0 Å². The van der Waals surface area contributed by atoms with Crippen LogP contribution in [0.4, 0.5) is 17.1 Å². The molecular weight excluding hydrogens is 366 g/mol. The summed E-state index contributed by atoms with van der Waals surface area (Å²) in [5.41, 5.74) is 14.9. The Bertz CT molecular complexity index is 1080. The van der Waals surface area contributed by atoms with Crippen LogP contribution in [0.15, 0.2) is 82.0 Å². The van der Waals surface area contributed by atoms with Crippen molar-refractivity contribution in [2.45, 2.75) is 4.90 Å². The number of hydrogen-bond acceptors (Lipinski definition) is 7. The first-order chi connectivity index (χ1) is 12.7. The number of anilines is 2. The Hall–Kier alpha value is -3.43. The van der Waals surface area contributed by atoms with Crippen LogP contribution in [0.3, 0.4) is 0 Å². The van der Waals surface area contributed by atoms with Gasteiger partial charge in [-0.3, -0.25) is 9.96 Å². The van der Waals surface area contributed by atoms with Crippen molar-refractivity contribution in [3.63, 3.8) is 0 Å². The second-order valence-corrected chi connectivity index (χ2v) is 7.21. The van der Waals surface area contributed by atoms with Gasteiger partial charge in [0.15, 0.2) is 0 Å². The predicted molar refractivity (Wildman–Crippen MR) is 106 cm³/mol. The van der Waals surface area contributed by atoms with Crippen molar-refractivity contribution in [3.8, 4) is 0 Å². The Morgan fingerprint density at radius 1 is 0.963 bits per heavy atom. The van der Waals surface area contributed by atoms with E-state index in [1.54, 1.807) is 30.3 Å². The lowest BCUT2D eigenvalue weighted by molar-refractivity contribution is 0.483. The van der Waals surface area contributed by atoms with Gasteiger partial charge in [-0.2, -0.15) is 8.42 Å². The molecule has 2 aromatic rings. The fourth-order valence-corrected chi connectivity index (χ4v) is 2.84. The summed E-state index contributed by atoms with van der Waals surface area (Å²) < 4.78 is 31.2. The maximum absolute atomic E-state index is 11.1. The maximum Gasteiger partial charge on any atom is 0.294 e. The number of rotatable bonds is 4. The number of hydrogen-bond donors (Lipinski definition) is 5. The molecule has 0 radical (unpaired) electrons. The molecule has 1 aliphatic rings. The van der Waals surface area contributed by atoms with Crippen molar-refractivity contribution >= 4 is 38.6 Å². The van der Waals surface area contributed by atoms with Crippen LogP contribution in [0.1, 0.15) is 0 Å². The van der Waals surface area contributed by atoms with Crippen molar-refractivity contribution < 1.29 is 13.0 Å². The minimum atomic E-state index is -4.26. The second kappa shape index (κ2) is 7.06. The zero-order valence-corrected chi connectivity index (χ0v) is 14.9. The number of nitrogens with two attached hydrogens (primary N) is 2. The lowest BCUT2D eigenvalue weighted by atomic mass is 10.0. The number of nitrogen functional groups attached to an aromatic ring is 1. The van der Waals surface area contributed by atoms with Gasteiger partial charge >= 0.3 is 0 Å². The molecule has 0 unspecified atom stereocenters. The van der Waals surface area contributed by atoms with E-state index in [9.17, 15) is 8.42 Å². The van der Waals surface area contributed by atoms with Gasteiger partial charge in [0.25, 0.3) is 10.1 Å². The largest absolute Gasteiger partial charge is 0.399 e. The fraction of sp³-hybridized carbons (Fsp3) is 0. The Kier molecular flexibility index (Phi) is 4.80. The standard InChI is InChI=1S/C18H17N5O3S/c19-11-1-3-12(4-2-11)22-17-10-18(16(21)9-15(17)20)23-13-5-7-14(8-6-13)27(24,25)26/h1-10,21-22H,19-20H2,(H,24,25,26). The lowest BCUT2D eigenvalue weighted by Crippen LogP contribution is -2.21. The Morgan fingerprint density at radius 2 is 1.59 bits per heavy atom. The van der Waals surface area contributed by atoms with Crippen molar-refractivity contribution in [1.29, 1.82) is 5.41 Å². The lowest BCUT2D eigenvalue weighted by Gasteiger charge is -2.17. The van der Waals surface area contributed by atoms with E-state index in [4.69, 9.17) is 21.4 Å². The highest BCUT2D eigenvalue weighted by atomic mass is 32.2. The number of allylic oxidation sites excluding steroid dienone is 2. The first kappa shape index (κ1) is 18.4. The quantitative estimate of drug-likeness (QED) is 0.310. The van der Waals surface area contributed by atoms with Gasteiger partial charge in [0.05, 0.1) is 33.4 Å². The molecule has 0 spiro atoms. The van der Waals surface area contributed by atoms with E-state index in [0.717, 1.165) is 5.69 Å². The molecule has 0 atom stereocenters. The SMILES string of the molecule is N=C1C=C(N)C(Nc2ccc(N)cc2)=CC1=Nc1ccc(S(=O)(=O)O)cc1. The van der Waals surface area contributed by atoms with Crippen molar-refractivity contribution in [2.24, 2.45) is 10.7 Å². The third-order valence-corrected chi connectivity index (χ3v) is 4.61.